The maximum absolute atomic E-state index is 13.4. The number of hydrogen-bond donors (Lipinski definition) is 4. The molecule has 0 bridgehead atoms. The maximum atomic E-state index is 13.4. The van der Waals surface area contributed by atoms with E-state index in [4.69, 9.17) is 23.4 Å². The summed E-state index contributed by atoms with van der Waals surface area (Å²) in [5.74, 6) is -2.27. The number of hydrogen-bond acceptors (Lipinski definition) is 11. The fourth-order valence-electron chi connectivity index (χ4n) is 5.42. The van der Waals surface area contributed by atoms with Crippen LogP contribution in [0.1, 0.15) is 29.0 Å². The molecule has 0 saturated carbocycles. The molecule has 230 valence electrons. The van der Waals surface area contributed by atoms with Crippen LogP contribution in [0.15, 0.2) is 75.9 Å². The van der Waals surface area contributed by atoms with E-state index in [2.05, 4.69) is 0 Å². The van der Waals surface area contributed by atoms with Crippen LogP contribution in [0.25, 0.3) is 22.3 Å². The molecule has 1 aliphatic heterocycles. The lowest BCUT2D eigenvalue weighted by molar-refractivity contribution is -0.135. The first-order valence-electron chi connectivity index (χ1n) is 13.9. The Balaban J connectivity index is 1.44. The molecule has 0 fully saturated rings. The van der Waals surface area contributed by atoms with Crippen LogP contribution in [0.3, 0.4) is 0 Å². The van der Waals surface area contributed by atoms with Gasteiger partial charge in [-0.1, -0.05) is 18.2 Å². The highest BCUT2D eigenvalue weighted by atomic mass is 16.5. The zero-order valence-corrected chi connectivity index (χ0v) is 24.2. The summed E-state index contributed by atoms with van der Waals surface area (Å²) < 4.78 is 28.4. The molecule has 11 heteroatoms. The lowest BCUT2D eigenvalue weighted by atomic mass is 9.85. The number of rotatable bonds is 8. The van der Waals surface area contributed by atoms with Gasteiger partial charge in [-0.2, -0.15) is 0 Å². The standard InChI is InChI=1S/C34H28O11/c1-41-20-7-3-17(4-8-20)11-12-43-26-14-18(6-10-25(26)42-2)21-15-28(38)44-27-16-24(37)30-31(39)32(40)33(45-34(30)29(21)27)19-5-9-22(35)23(36)13-19/h3-10,13-14,16,21,35-37,40H,11-12,15H2,1-2H3. The molecular weight excluding hydrogens is 584 g/mol. The van der Waals surface area contributed by atoms with Gasteiger partial charge in [0.2, 0.25) is 11.2 Å². The van der Waals surface area contributed by atoms with E-state index in [0.29, 0.717) is 30.1 Å². The Bertz CT molecular complexity index is 1990. The van der Waals surface area contributed by atoms with Crippen LogP contribution >= 0.6 is 0 Å². The Morgan fingerprint density at radius 1 is 0.822 bits per heavy atom. The third-order valence-corrected chi connectivity index (χ3v) is 7.70. The maximum Gasteiger partial charge on any atom is 0.312 e. The van der Waals surface area contributed by atoms with Crippen molar-refractivity contribution in [3.63, 3.8) is 0 Å². The molecule has 0 saturated heterocycles. The molecule has 0 aliphatic carbocycles. The lowest BCUT2D eigenvalue weighted by Crippen LogP contribution is -2.22. The molecule has 0 amide bonds. The SMILES string of the molecule is COc1ccc(CCOc2cc(C3CC(=O)Oc4cc(O)c5c(=O)c(O)c(-c6ccc(O)c(O)c6)oc5c43)ccc2OC)cc1. The normalized spacial score (nSPS) is 14.1. The molecule has 1 aromatic heterocycles. The van der Waals surface area contributed by atoms with Crippen molar-refractivity contribution >= 4 is 16.9 Å². The van der Waals surface area contributed by atoms with E-state index in [1.807, 2.05) is 24.3 Å². The molecule has 45 heavy (non-hydrogen) atoms. The van der Waals surface area contributed by atoms with Crippen LogP contribution in [0.2, 0.25) is 0 Å². The van der Waals surface area contributed by atoms with E-state index in [1.54, 1.807) is 25.3 Å². The summed E-state index contributed by atoms with van der Waals surface area (Å²) in [6.45, 7) is 0.323. The second kappa shape index (κ2) is 11.7. The molecule has 6 rings (SSSR count). The van der Waals surface area contributed by atoms with Crippen molar-refractivity contribution < 1.29 is 48.6 Å². The van der Waals surface area contributed by atoms with Crippen molar-refractivity contribution in [3.8, 4) is 57.3 Å². The summed E-state index contributed by atoms with van der Waals surface area (Å²) >= 11 is 0. The van der Waals surface area contributed by atoms with Crippen LogP contribution in [0.5, 0.6) is 46.0 Å². The van der Waals surface area contributed by atoms with E-state index in [-0.39, 0.29) is 40.0 Å². The predicted octanol–water partition coefficient (Wildman–Crippen LogP) is 5.36. The van der Waals surface area contributed by atoms with Gasteiger partial charge in [-0.25, -0.2) is 0 Å². The number of fused-ring (bicyclic) bond motifs is 3. The Kier molecular flexibility index (Phi) is 7.59. The van der Waals surface area contributed by atoms with Gasteiger partial charge in [0.05, 0.1) is 27.2 Å². The first-order chi connectivity index (χ1) is 21.7. The number of esters is 1. The molecule has 0 spiro atoms. The molecule has 5 aromatic rings. The van der Waals surface area contributed by atoms with Gasteiger partial charge < -0.3 is 43.8 Å². The summed E-state index contributed by atoms with van der Waals surface area (Å²) in [4.78, 5) is 26.1. The van der Waals surface area contributed by atoms with Crippen molar-refractivity contribution in [2.75, 3.05) is 20.8 Å². The summed E-state index contributed by atoms with van der Waals surface area (Å²) in [5, 5.41) is 41.0. The van der Waals surface area contributed by atoms with Crippen molar-refractivity contribution in [1.29, 1.82) is 0 Å². The highest BCUT2D eigenvalue weighted by Gasteiger charge is 2.35. The molecule has 2 heterocycles. The van der Waals surface area contributed by atoms with Crippen LogP contribution in [0.4, 0.5) is 0 Å². The summed E-state index contributed by atoms with van der Waals surface area (Å²) in [6, 6.07) is 17.6. The number of carbonyl (C=O) groups is 1. The van der Waals surface area contributed by atoms with Crippen LogP contribution in [-0.4, -0.2) is 47.2 Å². The van der Waals surface area contributed by atoms with Crippen LogP contribution < -0.4 is 24.4 Å². The van der Waals surface area contributed by atoms with Crippen molar-refractivity contribution in [2.45, 2.75) is 18.8 Å². The first-order valence-corrected chi connectivity index (χ1v) is 13.9. The zero-order valence-electron chi connectivity index (χ0n) is 24.2. The van der Waals surface area contributed by atoms with Gasteiger partial charge in [0.1, 0.15) is 28.2 Å². The van der Waals surface area contributed by atoms with Crippen molar-refractivity contribution in [3.05, 3.63) is 93.6 Å². The number of carbonyl (C=O) groups excluding carboxylic acids is 1. The smallest absolute Gasteiger partial charge is 0.312 e. The van der Waals surface area contributed by atoms with Gasteiger partial charge in [0.15, 0.2) is 28.8 Å². The average Bonchev–Trinajstić information content (AvgIpc) is 3.03. The third-order valence-electron chi connectivity index (χ3n) is 7.70. The Labute approximate surface area is 256 Å². The zero-order chi connectivity index (χ0) is 31.8. The Hall–Kier alpha value is -5.84. The number of aromatic hydroxyl groups is 4. The number of phenolic OH excluding ortho intramolecular Hbond substituents is 3. The van der Waals surface area contributed by atoms with Gasteiger partial charge >= 0.3 is 5.97 Å². The van der Waals surface area contributed by atoms with Crippen molar-refractivity contribution in [2.24, 2.45) is 0 Å². The number of ether oxygens (including phenoxy) is 4. The van der Waals surface area contributed by atoms with Gasteiger partial charge in [-0.15, -0.1) is 0 Å². The summed E-state index contributed by atoms with van der Waals surface area (Å²) in [6.07, 6.45) is 0.467. The minimum atomic E-state index is -0.938. The summed E-state index contributed by atoms with van der Waals surface area (Å²) in [7, 11) is 3.11. The topological polar surface area (TPSA) is 165 Å². The van der Waals surface area contributed by atoms with Gasteiger partial charge in [-0.3, -0.25) is 9.59 Å². The third kappa shape index (κ3) is 5.40. The fraction of sp³-hybridized carbons (Fsp3) is 0.176. The Morgan fingerprint density at radius 2 is 1.60 bits per heavy atom. The first kappa shape index (κ1) is 29.2. The number of benzene rings is 4. The van der Waals surface area contributed by atoms with Crippen LogP contribution in [-0.2, 0) is 11.2 Å². The highest BCUT2D eigenvalue weighted by molar-refractivity contribution is 5.94. The second-order valence-electron chi connectivity index (χ2n) is 10.4. The van der Waals surface area contributed by atoms with Crippen LogP contribution in [0, 0.1) is 0 Å². The Morgan fingerprint density at radius 3 is 2.31 bits per heavy atom. The minimum Gasteiger partial charge on any atom is -0.507 e. The molecule has 0 radical (unpaired) electrons. The molecule has 4 aromatic carbocycles. The molecule has 1 aliphatic rings. The second-order valence-corrected chi connectivity index (χ2v) is 10.4. The van der Waals surface area contributed by atoms with E-state index >= 15 is 0 Å². The van der Waals surface area contributed by atoms with Crippen molar-refractivity contribution in [1.82, 2.24) is 0 Å². The highest BCUT2D eigenvalue weighted by Crippen LogP contribution is 2.48. The fourth-order valence-corrected chi connectivity index (χ4v) is 5.42. The van der Waals surface area contributed by atoms with Gasteiger partial charge in [0, 0.05) is 29.5 Å². The minimum absolute atomic E-state index is 0.0209. The summed E-state index contributed by atoms with van der Waals surface area (Å²) in [5.41, 5.74) is 0.966. The molecule has 4 N–H and O–H groups in total. The monoisotopic (exact) mass is 612 g/mol. The van der Waals surface area contributed by atoms with Gasteiger partial charge in [0.25, 0.3) is 0 Å². The van der Waals surface area contributed by atoms with E-state index in [9.17, 15) is 30.0 Å². The van der Waals surface area contributed by atoms with E-state index < -0.39 is 40.3 Å². The van der Waals surface area contributed by atoms with Gasteiger partial charge in [-0.05, 0) is 53.6 Å². The predicted molar refractivity (Wildman–Crippen MR) is 162 cm³/mol. The van der Waals surface area contributed by atoms with E-state index in [1.165, 1.54) is 19.2 Å². The number of phenols is 3. The molecule has 11 nitrogen and oxygen atoms in total. The van der Waals surface area contributed by atoms with E-state index in [0.717, 1.165) is 23.4 Å². The number of methoxy groups -OCH3 is 2. The largest absolute Gasteiger partial charge is 0.507 e. The molecule has 1 atom stereocenters. The molecule has 1 unspecified atom stereocenters. The molecular formula is C34H28O11. The quantitative estimate of drug-likeness (QED) is 0.101. The lowest BCUT2D eigenvalue weighted by Gasteiger charge is -2.26. The average molecular weight is 613 g/mol.